The van der Waals surface area contributed by atoms with Gasteiger partial charge in [-0.3, -0.25) is 14.5 Å². The van der Waals surface area contributed by atoms with Gasteiger partial charge in [0, 0.05) is 28.0 Å². The minimum Gasteiger partial charge on any atom is -0.390 e. The number of rotatable bonds is 9. The van der Waals surface area contributed by atoms with Crippen molar-refractivity contribution in [2.75, 3.05) is 12.5 Å². The van der Waals surface area contributed by atoms with Crippen molar-refractivity contribution in [1.82, 2.24) is 30.0 Å². The maximum absolute atomic E-state index is 13.7. The van der Waals surface area contributed by atoms with E-state index in [1.54, 1.807) is 40.8 Å². The van der Waals surface area contributed by atoms with Crippen LogP contribution in [0.5, 0.6) is 0 Å². The zero-order chi connectivity index (χ0) is 59.2. The number of nitrogens with zero attached hydrogens (tertiary/aromatic N) is 6. The Bertz CT molecular complexity index is 3400. The summed E-state index contributed by atoms with van der Waals surface area (Å²) in [5, 5.41) is 48.1. The summed E-state index contributed by atoms with van der Waals surface area (Å²) in [6.07, 6.45) is 23.2. The number of fused-ring (bicyclic) bond motifs is 12. The minimum atomic E-state index is -3.33. The van der Waals surface area contributed by atoms with Crippen LogP contribution < -0.4 is 0 Å². The summed E-state index contributed by atoms with van der Waals surface area (Å²) in [5.74, 6) is 5.27. The first kappa shape index (κ1) is 60.4. The average Bonchev–Trinajstić information content (AvgIpc) is 2.55. The molecule has 0 amide bonds. The highest BCUT2D eigenvalue weighted by atomic mass is 35.5. The van der Waals surface area contributed by atoms with Crippen LogP contribution in [0.3, 0.4) is 0 Å². The Labute approximate surface area is 499 Å². The van der Waals surface area contributed by atoms with Crippen LogP contribution >= 0.6 is 23.4 Å². The number of hydrogen-bond donors (Lipinski definition) is 3. The number of aromatic nitrogens is 6. The second-order valence-corrected chi connectivity index (χ2v) is 32.0. The number of hydrogen-bond acceptors (Lipinski definition) is 14. The third-order valence-electron chi connectivity index (χ3n) is 23.9. The topological polar surface area (TPSA) is 217 Å². The van der Waals surface area contributed by atoms with Gasteiger partial charge < -0.3 is 10.2 Å². The van der Waals surface area contributed by atoms with E-state index in [0.29, 0.717) is 74.7 Å². The average molecular weight is 1200 g/mol. The first-order valence-corrected chi connectivity index (χ1v) is 34.2. The van der Waals surface area contributed by atoms with Crippen LogP contribution in [-0.4, -0.2) is 95.1 Å². The lowest BCUT2D eigenvalue weighted by molar-refractivity contribution is -0.182. The summed E-state index contributed by atoms with van der Waals surface area (Å²) in [6.45, 7) is 14.3. The molecule has 18 heteroatoms. The molecule has 8 fully saturated rings. The maximum Gasteiger partial charge on any atom is 0.372 e. The normalized spacial score (nSPS) is 37.9. The smallest absolute Gasteiger partial charge is 0.372 e. The van der Waals surface area contributed by atoms with E-state index in [0.717, 1.165) is 87.1 Å². The highest BCUT2D eigenvalue weighted by Crippen LogP contribution is 2.70. The van der Waals surface area contributed by atoms with Crippen molar-refractivity contribution in [3.8, 4) is 0 Å². The Morgan fingerprint density at radius 1 is 0.590 bits per heavy atom. The minimum absolute atomic E-state index is 0.0248. The third kappa shape index (κ3) is 11.4. The van der Waals surface area contributed by atoms with Gasteiger partial charge in [0.2, 0.25) is 0 Å². The summed E-state index contributed by atoms with van der Waals surface area (Å²) < 4.78 is 23.8. The number of thioether (sulfide) groups is 1. The number of carbonyl (C=O) groups excluding carboxylic acids is 3. The quantitative estimate of drug-likeness (QED) is 0.0711. The van der Waals surface area contributed by atoms with Crippen LogP contribution in [0.4, 0.5) is 0 Å². The van der Waals surface area contributed by atoms with Gasteiger partial charge in [-0.1, -0.05) is 45.4 Å². The molecule has 0 unspecified atom stereocenters. The zero-order valence-electron chi connectivity index (χ0n) is 49.9. The summed E-state index contributed by atoms with van der Waals surface area (Å²) in [5.41, 5.74) is 2.89. The number of sulfone groups is 1. The molecular weight excluding hydrogens is 1110 g/mol. The fraction of sp³-hybridized carbons (Fsp3) is 0.677. The van der Waals surface area contributed by atoms with Crippen molar-refractivity contribution < 1.29 is 43.2 Å². The molecule has 2 heterocycles. The Kier molecular flexibility index (Phi) is 16.4. The molecule has 8 aliphatic rings. The Morgan fingerprint density at radius 2 is 1.06 bits per heavy atom. The Hall–Kier alpha value is -4.26. The van der Waals surface area contributed by atoms with Crippen LogP contribution in [0.1, 0.15) is 167 Å². The number of benzene rings is 3. The van der Waals surface area contributed by atoms with Crippen molar-refractivity contribution in [3.05, 3.63) is 71.2 Å². The van der Waals surface area contributed by atoms with Gasteiger partial charge in [-0.2, -0.15) is 35.2 Å². The van der Waals surface area contributed by atoms with Crippen molar-refractivity contribution in [1.29, 1.82) is 0 Å². The summed E-state index contributed by atoms with van der Waals surface area (Å²) in [7, 11) is -3.33. The summed E-state index contributed by atoms with van der Waals surface area (Å²) >= 11 is 7.25. The first-order chi connectivity index (χ1) is 39.2. The molecule has 3 aromatic carbocycles. The zero-order valence-corrected chi connectivity index (χ0v) is 52.2. The van der Waals surface area contributed by atoms with Crippen molar-refractivity contribution in [2.45, 2.75) is 191 Å². The number of halogens is 1. The van der Waals surface area contributed by atoms with Crippen molar-refractivity contribution in [2.24, 2.45) is 80.8 Å². The van der Waals surface area contributed by atoms with E-state index >= 15 is 0 Å². The molecule has 0 radical (unpaired) electrons. The molecule has 13 rings (SSSR count). The predicted molar refractivity (Wildman–Crippen MR) is 321 cm³/mol. The Balaban J connectivity index is 0.000000147. The van der Waals surface area contributed by atoms with Gasteiger partial charge in [0.1, 0.15) is 35.2 Å². The van der Waals surface area contributed by atoms with Crippen LogP contribution in [0.15, 0.2) is 70.5 Å². The van der Waals surface area contributed by atoms with Gasteiger partial charge in [-0.05, 0) is 259 Å². The second-order valence-electron chi connectivity index (χ2n) is 28.6. The molecule has 450 valence electrons. The van der Waals surface area contributed by atoms with E-state index in [9.17, 15) is 33.0 Å². The fourth-order valence-corrected chi connectivity index (χ4v) is 20.7. The fourth-order valence-electron chi connectivity index (χ4n) is 19.5. The second kappa shape index (κ2) is 22.5. The van der Waals surface area contributed by atoms with Gasteiger partial charge in [-0.15, -0.1) is 11.8 Å². The molecule has 15 nitrogen and oxygen atoms in total. The third-order valence-corrected chi connectivity index (χ3v) is 25.9. The van der Waals surface area contributed by atoms with E-state index in [4.69, 9.17) is 16.9 Å². The van der Waals surface area contributed by atoms with Crippen molar-refractivity contribution in [3.63, 3.8) is 0 Å². The maximum atomic E-state index is 13.7. The Morgan fingerprint density at radius 3 is 1.53 bits per heavy atom. The molecule has 16 atom stereocenters. The standard InChI is InChI=1S/C29H41N3O4S.C29H41N3O2S.C7H5ClO3/c1-27(34)13-14-28(2)18(16-27)5-7-20-21-8-9-23(29(21,3)12-11-22(20)28)26(33)17-32-30-24-10-6-19(37(4,35)36)15-25(24)31-32;1-27(34)13-14-28(2)18(16-27)5-7-20-21-8-9-23(29(21,3)12-11-22(20)28)26(33)17-32-30-24-10-6-19(35-4)15-25(24)31-32;8-6-3-1-2-5(4-6)7(9)11-10/h6,10,15,18,20-23,34H,5,7-9,11-14,16-17H2,1-4H3;6,10,15,18,20-23,34H,5,7-9,11-14,16-17H2,1-4H3;1-4,10H/t2*18-,20+,21+,22+,23-,27-,28+,29+;/m11./s1. The number of aliphatic hydroxyl groups is 2. The molecule has 3 N–H and O–H groups in total. The summed E-state index contributed by atoms with van der Waals surface area (Å²) in [4.78, 5) is 46.0. The molecule has 2 aromatic heterocycles. The van der Waals surface area contributed by atoms with E-state index in [2.05, 4.69) is 71.4 Å². The van der Waals surface area contributed by atoms with Crippen LogP contribution in [-0.2, 0) is 37.4 Å². The molecule has 0 bridgehead atoms. The number of carbonyl (C=O) groups is 3. The lowest BCUT2D eigenvalue weighted by Gasteiger charge is -2.61. The number of Topliss-reactive ketones (excluding diaryl/α,β-unsaturated/α-hetero) is 2. The van der Waals surface area contributed by atoms with E-state index in [-0.39, 0.29) is 45.5 Å². The molecule has 0 aliphatic heterocycles. The first-order valence-electron chi connectivity index (χ1n) is 30.7. The largest absolute Gasteiger partial charge is 0.390 e. The van der Waals surface area contributed by atoms with Gasteiger partial charge >= 0.3 is 5.97 Å². The molecule has 5 aromatic rings. The van der Waals surface area contributed by atoms with Crippen molar-refractivity contribution >= 4 is 72.8 Å². The van der Waals surface area contributed by atoms with Gasteiger partial charge in [0.25, 0.3) is 0 Å². The van der Waals surface area contributed by atoms with E-state index < -0.39 is 27.0 Å². The predicted octanol–water partition coefficient (Wildman–Crippen LogP) is 12.9. The lowest BCUT2D eigenvalue weighted by atomic mass is 9.44. The molecule has 0 saturated heterocycles. The van der Waals surface area contributed by atoms with Gasteiger partial charge in [0.05, 0.1) is 21.7 Å². The highest BCUT2D eigenvalue weighted by molar-refractivity contribution is 7.98. The molecular formula is C65H87ClN6O9S2. The molecule has 0 spiro atoms. The van der Waals surface area contributed by atoms with Crippen LogP contribution in [0.25, 0.3) is 22.1 Å². The molecule has 8 saturated carbocycles. The van der Waals surface area contributed by atoms with E-state index in [1.807, 2.05) is 19.9 Å². The van der Waals surface area contributed by atoms with E-state index in [1.165, 1.54) is 85.5 Å². The van der Waals surface area contributed by atoms with Crippen LogP contribution in [0, 0.1) is 80.8 Å². The summed E-state index contributed by atoms with van der Waals surface area (Å²) in [6, 6.07) is 17.0. The number of ketones is 2. The van der Waals surface area contributed by atoms with Crippen LogP contribution in [0.2, 0.25) is 5.02 Å². The molecule has 8 aliphatic carbocycles. The van der Waals surface area contributed by atoms with Gasteiger partial charge in [0.15, 0.2) is 21.4 Å². The highest BCUT2D eigenvalue weighted by Gasteiger charge is 2.64. The lowest BCUT2D eigenvalue weighted by Crippen LogP contribution is -2.55. The SMILES string of the molecule is CSc1ccc2nn(CC(=O)[C@H]3CC[C@H]4[C@@H]5CC[C@@H]6C[C@](C)(O)CC[C@]6(C)[C@H]5CC[C@]34C)nc2c1.C[C@@]1(O)CC[C@@]2(C)[C@H](CC[C@@H]3[C@@H]2CC[C@]2(C)[C@@H](C(=O)Cn4nc5ccc(S(C)(=O)=O)cc5n4)CC[C@@H]32)C1.O=C(OO)c1cccc(Cl)c1. The monoisotopic (exact) mass is 1190 g/mol. The van der Waals surface area contributed by atoms with Gasteiger partial charge in [-0.25, -0.2) is 13.2 Å². The molecule has 83 heavy (non-hydrogen) atoms.